The first-order chi connectivity index (χ1) is 51.4. The molecule has 0 aliphatic carbocycles. The molecule has 106 heavy (non-hydrogen) atoms. The smallest absolute Gasteiger partial charge is 0.462 e. The van der Waals surface area contributed by atoms with E-state index in [-0.39, 0.29) is 25.7 Å². The number of rotatable bonds is 86. The fourth-order valence-electron chi connectivity index (χ4n) is 13.6. The van der Waals surface area contributed by atoms with Gasteiger partial charge < -0.3 is 33.8 Å². The van der Waals surface area contributed by atoms with E-state index in [0.717, 1.165) is 115 Å². The average molecular weight is 1550 g/mol. The summed E-state index contributed by atoms with van der Waals surface area (Å²) in [5.74, 6) is -0.440. The maximum absolute atomic E-state index is 13.1. The van der Waals surface area contributed by atoms with Crippen molar-refractivity contribution in [2.45, 2.75) is 484 Å². The minimum absolute atomic E-state index is 0.108. The third kappa shape index (κ3) is 78.7. The van der Waals surface area contributed by atoms with E-state index in [1.165, 1.54) is 270 Å². The van der Waals surface area contributed by atoms with Gasteiger partial charge in [0, 0.05) is 25.7 Å². The van der Waals surface area contributed by atoms with Crippen molar-refractivity contribution in [3.05, 3.63) is 0 Å². The molecule has 0 radical (unpaired) electrons. The second-order valence-corrected chi connectivity index (χ2v) is 34.9. The number of carbonyl (C=O) groups is 4. The van der Waals surface area contributed by atoms with E-state index >= 15 is 0 Å². The molecule has 0 spiro atoms. The Labute approximate surface area is 651 Å². The molecular weight excluding hydrogens is 1380 g/mol. The molecule has 0 aliphatic rings. The number of phosphoric acid groups is 2. The lowest BCUT2D eigenvalue weighted by Gasteiger charge is -2.21. The highest BCUT2D eigenvalue weighted by Crippen LogP contribution is 2.45. The number of unbranched alkanes of at least 4 members (excludes halogenated alkanes) is 55. The Hall–Kier alpha value is -1.94. The molecule has 0 saturated carbocycles. The van der Waals surface area contributed by atoms with Gasteiger partial charge in [0.25, 0.3) is 0 Å². The minimum Gasteiger partial charge on any atom is -0.462 e. The number of hydrogen-bond donors (Lipinski definition) is 3. The van der Waals surface area contributed by atoms with Gasteiger partial charge in [-0.25, -0.2) is 9.13 Å². The zero-order valence-corrected chi connectivity index (χ0v) is 71.5. The van der Waals surface area contributed by atoms with Crippen LogP contribution < -0.4 is 0 Å². The van der Waals surface area contributed by atoms with Crippen LogP contribution in [0.25, 0.3) is 0 Å². The molecule has 0 aliphatic heterocycles. The molecule has 0 rings (SSSR count). The molecule has 630 valence electrons. The number of ether oxygens (including phenoxy) is 4. The molecule has 0 amide bonds. The summed E-state index contributed by atoms with van der Waals surface area (Å²) in [4.78, 5) is 73.1. The van der Waals surface area contributed by atoms with Gasteiger partial charge in [0.15, 0.2) is 12.2 Å². The fraction of sp³-hybridized carbons (Fsp3) is 0.954. The summed E-state index contributed by atoms with van der Waals surface area (Å²) in [5, 5.41) is 10.7. The van der Waals surface area contributed by atoms with Crippen molar-refractivity contribution < 1.29 is 80.2 Å². The second-order valence-electron chi connectivity index (χ2n) is 32.0. The zero-order chi connectivity index (χ0) is 77.8. The van der Waals surface area contributed by atoms with Crippen LogP contribution in [0.1, 0.15) is 465 Å². The van der Waals surface area contributed by atoms with E-state index in [0.29, 0.717) is 25.7 Å². The van der Waals surface area contributed by atoms with Crippen LogP contribution in [-0.4, -0.2) is 96.7 Å². The van der Waals surface area contributed by atoms with E-state index in [4.69, 9.17) is 37.0 Å². The maximum atomic E-state index is 13.1. The van der Waals surface area contributed by atoms with Gasteiger partial charge in [0.2, 0.25) is 0 Å². The Morgan fingerprint density at radius 1 is 0.274 bits per heavy atom. The van der Waals surface area contributed by atoms with Crippen LogP contribution >= 0.6 is 15.6 Å². The number of aliphatic hydroxyl groups excluding tert-OH is 1. The predicted octanol–water partition coefficient (Wildman–Crippen LogP) is 26.6. The molecule has 19 heteroatoms. The van der Waals surface area contributed by atoms with Crippen molar-refractivity contribution in [2.75, 3.05) is 39.6 Å². The van der Waals surface area contributed by atoms with E-state index in [1.54, 1.807) is 0 Å². The van der Waals surface area contributed by atoms with Crippen LogP contribution in [0, 0.1) is 11.8 Å². The Kier molecular flexibility index (Phi) is 76.9. The molecule has 17 nitrogen and oxygen atoms in total. The average Bonchev–Trinajstić information content (AvgIpc) is 0.908. The van der Waals surface area contributed by atoms with Gasteiger partial charge in [0.05, 0.1) is 26.4 Å². The van der Waals surface area contributed by atoms with Crippen molar-refractivity contribution in [3.8, 4) is 0 Å². The lowest BCUT2D eigenvalue weighted by atomic mass is 9.99. The molecule has 0 saturated heterocycles. The van der Waals surface area contributed by atoms with Crippen molar-refractivity contribution in [3.63, 3.8) is 0 Å². The van der Waals surface area contributed by atoms with Gasteiger partial charge in [-0.1, -0.05) is 414 Å². The molecule has 3 unspecified atom stereocenters. The molecule has 6 atom stereocenters. The van der Waals surface area contributed by atoms with Crippen LogP contribution in [0.3, 0.4) is 0 Å². The SMILES string of the molecule is CCCCCCCCCCCCCCCCCCCCCCC(=O)OC[C@H](COP(=O)(O)OC[C@@H](O)COP(=O)(O)OC[C@@H](COC(=O)CCCCCCCCC)OC(=O)CCCCCCCCCCCCCCCCC(C)CC)OC(=O)CCCCCCCCCCCCCCCCCCCCC(C)C. The first-order valence-electron chi connectivity index (χ1n) is 45.0. The topological polar surface area (TPSA) is 237 Å². The quantitative estimate of drug-likeness (QED) is 0.0222. The van der Waals surface area contributed by atoms with Gasteiger partial charge in [0.1, 0.15) is 19.3 Å². The van der Waals surface area contributed by atoms with Gasteiger partial charge >= 0.3 is 39.5 Å². The van der Waals surface area contributed by atoms with E-state index < -0.39 is 97.5 Å². The van der Waals surface area contributed by atoms with Crippen molar-refractivity contribution in [1.82, 2.24) is 0 Å². The monoisotopic (exact) mass is 1550 g/mol. The third-order valence-corrected chi connectivity index (χ3v) is 22.7. The molecule has 0 bridgehead atoms. The summed E-state index contributed by atoms with van der Waals surface area (Å²) < 4.78 is 68.8. The number of esters is 4. The Balaban J connectivity index is 5.16. The maximum Gasteiger partial charge on any atom is 0.472 e. The molecule has 0 aromatic heterocycles. The molecule has 0 fully saturated rings. The summed E-state index contributed by atoms with van der Waals surface area (Å²) in [6.45, 7) is 9.72. The van der Waals surface area contributed by atoms with Crippen LogP contribution in [0.15, 0.2) is 0 Å². The molecule has 0 heterocycles. The summed E-state index contributed by atoms with van der Waals surface area (Å²) in [7, 11) is -9.92. The van der Waals surface area contributed by atoms with Crippen molar-refractivity contribution in [2.24, 2.45) is 11.8 Å². The molecule has 3 N–H and O–H groups in total. The van der Waals surface area contributed by atoms with Gasteiger partial charge in [-0.2, -0.15) is 0 Å². The van der Waals surface area contributed by atoms with Crippen molar-refractivity contribution >= 4 is 39.5 Å². The zero-order valence-electron chi connectivity index (χ0n) is 69.7. The first kappa shape index (κ1) is 104. The Bertz CT molecular complexity index is 2030. The lowest BCUT2D eigenvalue weighted by Crippen LogP contribution is -2.30. The highest BCUT2D eigenvalue weighted by atomic mass is 31.2. The lowest BCUT2D eigenvalue weighted by molar-refractivity contribution is -0.161. The number of aliphatic hydroxyl groups is 1. The summed E-state index contributed by atoms with van der Waals surface area (Å²) in [6.07, 6.45) is 71.0. The molecular formula is C87H170O17P2. The normalized spacial score (nSPS) is 14.1. The van der Waals surface area contributed by atoms with Crippen LogP contribution in [0.4, 0.5) is 0 Å². The van der Waals surface area contributed by atoms with E-state index in [9.17, 15) is 43.2 Å². The minimum atomic E-state index is -4.97. The first-order valence-corrected chi connectivity index (χ1v) is 48.0. The highest BCUT2D eigenvalue weighted by Gasteiger charge is 2.30. The van der Waals surface area contributed by atoms with Crippen molar-refractivity contribution in [1.29, 1.82) is 0 Å². The van der Waals surface area contributed by atoms with Crippen LogP contribution in [0.5, 0.6) is 0 Å². The summed E-state index contributed by atoms with van der Waals surface area (Å²) in [5.41, 5.74) is 0. The standard InChI is InChI=1S/C87H170O17P2/c1-7-10-12-14-16-17-18-19-20-21-22-23-27-30-36-41-46-52-58-64-70-85(90)98-76-83(104-87(92)72-65-59-53-47-42-37-31-28-25-24-26-29-34-39-44-50-55-61-67-79(4)5)78-102-106(95,96)100-74-81(88)73-99-105(93,94)101-77-82(75-97-84(89)69-63-57-49-15-13-11-8-2)103-86(91)71-66-60-54-48-43-38-33-32-35-40-45-51-56-62-68-80(6)9-3/h79-83,88H,7-78H2,1-6H3,(H,93,94)(H,95,96)/t80?,81-,82+,83+/m0/s1. The molecule has 0 aromatic carbocycles. The van der Waals surface area contributed by atoms with Gasteiger partial charge in [-0.15, -0.1) is 0 Å². The number of carbonyl (C=O) groups excluding carboxylic acids is 4. The molecule has 0 aromatic rings. The third-order valence-electron chi connectivity index (χ3n) is 20.8. The summed E-state index contributed by atoms with van der Waals surface area (Å²) in [6, 6.07) is 0. The number of hydrogen-bond acceptors (Lipinski definition) is 15. The summed E-state index contributed by atoms with van der Waals surface area (Å²) >= 11 is 0. The second kappa shape index (κ2) is 78.3. The van der Waals surface area contributed by atoms with Gasteiger partial charge in [-0.3, -0.25) is 37.3 Å². The predicted molar refractivity (Wildman–Crippen MR) is 437 cm³/mol. The largest absolute Gasteiger partial charge is 0.472 e. The van der Waals surface area contributed by atoms with E-state index in [1.807, 2.05) is 0 Å². The van der Waals surface area contributed by atoms with E-state index in [2.05, 4.69) is 41.5 Å². The number of phosphoric ester groups is 2. The Morgan fingerprint density at radius 3 is 0.717 bits per heavy atom. The Morgan fingerprint density at radius 2 is 0.481 bits per heavy atom. The fourth-order valence-corrected chi connectivity index (χ4v) is 15.1. The van der Waals surface area contributed by atoms with Crippen LogP contribution in [0.2, 0.25) is 0 Å². The van der Waals surface area contributed by atoms with Crippen LogP contribution in [-0.2, 0) is 65.4 Å². The highest BCUT2D eigenvalue weighted by molar-refractivity contribution is 7.47. The van der Waals surface area contributed by atoms with Gasteiger partial charge in [-0.05, 0) is 37.5 Å².